The number of ketones is 1. The van der Waals surface area contributed by atoms with E-state index in [1.165, 1.54) is 6.92 Å². The first-order valence-electron chi connectivity index (χ1n) is 7.57. The molecule has 2 aromatic rings. The summed E-state index contributed by atoms with van der Waals surface area (Å²) in [4.78, 5) is 11.9. The van der Waals surface area contributed by atoms with E-state index in [1.54, 1.807) is 12.1 Å². The molecule has 0 spiro atoms. The molecule has 2 rings (SSSR count). The van der Waals surface area contributed by atoms with Gasteiger partial charge in [0.15, 0.2) is 11.5 Å². The van der Waals surface area contributed by atoms with Crippen LogP contribution in [-0.2, 0) is 0 Å². The van der Waals surface area contributed by atoms with Gasteiger partial charge < -0.3 is 4.42 Å². The van der Waals surface area contributed by atoms with Crippen LogP contribution in [0.25, 0.3) is 11.3 Å². The van der Waals surface area contributed by atoms with Crippen LogP contribution in [0.4, 0.5) is 0 Å². The van der Waals surface area contributed by atoms with Crippen molar-refractivity contribution in [2.24, 2.45) is 0 Å². The molecule has 0 fully saturated rings. The zero-order valence-corrected chi connectivity index (χ0v) is 15.1. The molecule has 0 N–H and O–H groups in total. The lowest BCUT2D eigenvalue weighted by atomic mass is 10.2. The Morgan fingerprint density at radius 3 is 1.86 bits per heavy atom. The maximum Gasteiger partial charge on any atom is 0.194 e. The Labute approximate surface area is 135 Å². The van der Waals surface area contributed by atoms with Crippen molar-refractivity contribution in [3.63, 3.8) is 0 Å². The lowest BCUT2D eigenvalue weighted by Gasteiger charge is -1.99. The van der Waals surface area contributed by atoms with Gasteiger partial charge in [-0.25, -0.2) is 0 Å². The van der Waals surface area contributed by atoms with Gasteiger partial charge in [0.25, 0.3) is 0 Å². The SMILES string of the molecule is CC.CC.CC.CC(=O)c1ccc(-c2ccccc2S)o1. The van der Waals surface area contributed by atoms with Gasteiger partial charge in [-0.15, -0.1) is 12.6 Å². The molecule has 1 aromatic carbocycles. The second-order valence-corrected chi connectivity index (χ2v) is 3.72. The molecule has 21 heavy (non-hydrogen) atoms. The molecule has 0 aliphatic heterocycles. The van der Waals surface area contributed by atoms with Gasteiger partial charge in [-0.3, -0.25) is 4.79 Å². The predicted octanol–water partition coefficient (Wildman–Crippen LogP) is 6.52. The van der Waals surface area contributed by atoms with E-state index in [0.29, 0.717) is 11.5 Å². The van der Waals surface area contributed by atoms with Crippen molar-refractivity contribution < 1.29 is 9.21 Å². The number of benzene rings is 1. The fourth-order valence-electron chi connectivity index (χ4n) is 1.35. The summed E-state index contributed by atoms with van der Waals surface area (Å²) >= 11 is 4.33. The number of carbonyl (C=O) groups is 1. The number of Topliss-reactive ketones (excluding diaryl/α,β-unsaturated/α-hetero) is 1. The topological polar surface area (TPSA) is 30.2 Å². The fraction of sp³-hybridized carbons (Fsp3) is 0.389. The van der Waals surface area contributed by atoms with Gasteiger partial charge >= 0.3 is 0 Å². The Balaban J connectivity index is 0. The number of hydrogen-bond acceptors (Lipinski definition) is 3. The Kier molecular flexibility index (Phi) is 14.0. The third-order valence-electron chi connectivity index (χ3n) is 2.12. The molecule has 0 bridgehead atoms. The van der Waals surface area contributed by atoms with E-state index >= 15 is 0 Å². The fourth-order valence-corrected chi connectivity index (χ4v) is 1.62. The van der Waals surface area contributed by atoms with E-state index in [9.17, 15) is 4.79 Å². The normalized spacial score (nSPS) is 8.19. The van der Waals surface area contributed by atoms with E-state index in [-0.39, 0.29) is 5.78 Å². The lowest BCUT2D eigenvalue weighted by molar-refractivity contribution is 0.0988. The average Bonchev–Trinajstić information content (AvgIpc) is 3.04. The molecule has 0 unspecified atom stereocenters. The first-order valence-corrected chi connectivity index (χ1v) is 8.02. The maximum absolute atomic E-state index is 11.1. The van der Waals surface area contributed by atoms with E-state index in [0.717, 1.165) is 10.5 Å². The van der Waals surface area contributed by atoms with Crippen LogP contribution < -0.4 is 0 Å². The van der Waals surface area contributed by atoms with Crippen LogP contribution in [0.5, 0.6) is 0 Å². The molecule has 0 amide bonds. The average molecular weight is 308 g/mol. The van der Waals surface area contributed by atoms with E-state index in [4.69, 9.17) is 4.42 Å². The Morgan fingerprint density at radius 1 is 0.905 bits per heavy atom. The molecule has 2 nitrogen and oxygen atoms in total. The van der Waals surface area contributed by atoms with Gasteiger partial charge in [-0.05, 0) is 18.2 Å². The van der Waals surface area contributed by atoms with Crippen LogP contribution in [0, 0.1) is 0 Å². The molecule has 0 aliphatic rings. The second-order valence-electron chi connectivity index (χ2n) is 3.24. The van der Waals surface area contributed by atoms with Crippen molar-refractivity contribution in [2.75, 3.05) is 0 Å². The van der Waals surface area contributed by atoms with Crippen LogP contribution in [0.2, 0.25) is 0 Å². The summed E-state index contributed by atoms with van der Waals surface area (Å²) < 4.78 is 5.41. The number of thiol groups is 1. The highest BCUT2D eigenvalue weighted by Gasteiger charge is 2.09. The first-order chi connectivity index (χ1) is 10.2. The van der Waals surface area contributed by atoms with Crippen molar-refractivity contribution in [3.8, 4) is 11.3 Å². The van der Waals surface area contributed by atoms with Crippen molar-refractivity contribution in [1.29, 1.82) is 0 Å². The third-order valence-corrected chi connectivity index (χ3v) is 2.51. The number of rotatable bonds is 2. The molecular weight excluding hydrogens is 280 g/mol. The minimum absolute atomic E-state index is 0.0714. The summed E-state index contributed by atoms with van der Waals surface area (Å²) in [7, 11) is 0. The largest absolute Gasteiger partial charge is 0.453 e. The third kappa shape index (κ3) is 7.19. The lowest BCUT2D eigenvalue weighted by Crippen LogP contribution is -1.86. The quantitative estimate of drug-likeness (QED) is 0.506. The van der Waals surface area contributed by atoms with E-state index in [1.807, 2.05) is 65.8 Å². The van der Waals surface area contributed by atoms with Crippen LogP contribution in [0.1, 0.15) is 59.0 Å². The van der Waals surface area contributed by atoms with Gasteiger partial charge in [-0.1, -0.05) is 59.7 Å². The van der Waals surface area contributed by atoms with Gasteiger partial charge in [0.2, 0.25) is 0 Å². The van der Waals surface area contributed by atoms with Crippen LogP contribution in [-0.4, -0.2) is 5.78 Å². The second kappa shape index (κ2) is 13.5. The summed E-state index contributed by atoms with van der Waals surface area (Å²) in [6.07, 6.45) is 0. The predicted molar refractivity (Wildman–Crippen MR) is 95.4 cm³/mol. The number of hydrogen-bond donors (Lipinski definition) is 1. The van der Waals surface area contributed by atoms with Gasteiger partial charge in [0.05, 0.1) is 0 Å². The summed E-state index contributed by atoms with van der Waals surface area (Å²) in [6.45, 7) is 13.5. The summed E-state index contributed by atoms with van der Waals surface area (Å²) in [5.41, 5.74) is 0.897. The highest BCUT2D eigenvalue weighted by Crippen LogP contribution is 2.27. The monoisotopic (exact) mass is 308 g/mol. The smallest absolute Gasteiger partial charge is 0.194 e. The highest BCUT2D eigenvalue weighted by atomic mass is 32.1. The summed E-state index contributed by atoms with van der Waals surface area (Å²) in [5.74, 6) is 0.977. The van der Waals surface area contributed by atoms with Crippen LogP contribution in [0.15, 0.2) is 45.7 Å². The van der Waals surface area contributed by atoms with E-state index in [2.05, 4.69) is 12.6 Å². The molecule has 0 saturated carbocycles. The van der Waals surface area contributed by atoms with E-state index < -0.39 is 0 Å². The van der Waals surface area contributed by atoms with Crippen LogP contribution in [0.3, 0.4) is 0 Å². The molecule has 0 radical (unpaired) electrons. The maximum atomic E-state index is 11.1. The molecule has 0 aliphatic carbocycles. The van der Waals surface area contributed by atoms with Crippen molar-refractivity contribution in [2.45, 2.75) is 53.4 Å². The van der Waals surface area contributed by atoms with Crippen molar-refractivity contribution in [1.82, 2.24) is 0 Å². The zero-order chi connectivity index (χ0) is 16.8. The van der Waals surface area contributed by atoms with Gasteiger partial charge in [0.1, 0.15) is 5.76 Å². The molecular formula is C18H28O2S. The minimum Gasteiger partial charge on any atom is -0.453 e. The van der Waals surface area contributed by atoms with Crippen molar-refractivity contribution in [3.05, 3.63) is 42.2 Å². The Bertz CT molecular complexity index is 501. The minimum atomic E-state index is -0.0714. The zero-order valence-electron chi connectivity index (χ0n) is 14.2. The summed E-state index contributed by atoms with van der Waals surface area (Å²) in [6, 6.07) is 11.1. The standard InChI is InChI=1S/C12H10O2S.3C2H6/c1-8(13)10-6-7-11(14-10)9-4-2-3-5-12(9)15;3*1-2/h2-7,15H,1H3;3*1-2H3. The molecule has 1 aromatic heterocycles. The Hall–Kier alpha value is -1.48. The molecule has 118 valence electrons. The molecule has 0 atom stereocenters. The molecule has 0 saturated heterocycles. The van der Waals surface area contributed by atoms with Gasteiger partial charge in [-0.2, -0.15) is 0 Å². The van der Waals surface area contributed by atoms with Crippen LogP contribution >= 0.6 is 12.6 Å². The first kappa shape index (κ1) is 21.8. The molecule has 1 heterocycles. The highest BCUT2D eigenvalue weighted by molar-refractivity contribution is 7.80. The number of furan rings is 1. The van der Waals surface area contributed by atoms with Crippen molar-refractivity contribution >= 4 is 18.4 Å². The summed E-state index contributed by atoms with van der Waals surface area (Å²) in [5, 5.41) is 0. The molecule has 3 heteroatoms. The number of carbonyl (C=O) groups excluding carboxylic acids is 1. The van der Waals surface area contributed by atoms with Gasteiger partial charge in [0, 0.05) is 17.4 Å². The Morgan fingerprint density at radius 2 is 1.43 bits per heavy atom.